The maximum atomic E-state index is 13.9. The van der Waals surface area contributed by atoms with Crippen molar-refractivity contribution in [3.05, 3.63) is 78.4 Å². The molecule has 0 aromatic heterocycles. The predicted molar refractivity (Wildman–Crippen MR) is 143 cm³/mol. The highest BCUT2D eigenvalue weighted by molar-refractivity contribution is 5.98. The minimum absolute atomic E-state index is 0.149. The summed E-state index contributed by atoms with van der Waals surface area (Å²) in [4.78, 5) is 30.1. The number of carbonyl (C=O) groups is 2. The van der Waals surface area contributed by atoms with Crippen molar-refractivity contribution in [1.82, 2.24) is 9.96 Å². The quantitative estimate of drug-likeness (QED) is 0.313. The smallest absolute Gasteiger partial charge is 0.347 e. The third-order valence-corrected chi connectivity index (χ3v) is 6.57. The molecule has 1 atom stereocenters. The van der Waals surface area contributed by atoms with Crippen molar-refractivity contribution in [3.63, 3.8) is 0 Å². The molecule has 0 aliphatic carbocycles. The van der Waals surface area contributed by atoms with Gasteiger partial charge in [0, 0.05) is 17.9 Å². The summed E-state index contributed by atoms with van der Waals surface area (Å²) in [6.07, 6.45) is -1.05. The topological polar surface area (TPSA) is 104 Å². The third kappa shape index (κ3) is 4.90. The van der Waals surface area contributed by atoms with Crippen LogP contribution >= 0.6 is 0 Å². The van der Waals surface area contributed by atoms with Gasteiger partial charge in [0.25, 0.3) is 0 Å². The first-order valence-corrected chi connectivity index (χ1v) is 12.0. The Hall–Kier alpha value is -4.44. The Balaban J connectivity index is 1.72. The van der Waals surface area contributed by atoms with E-state index < -0.39 is 17.7 Å². The highest BCUT2D eigenvalue weighted by Gasteiger charge is 2.56. The van der Waals surface area contributed by atoms with Crippen LogP contribution in [0.1, 0.15) is 19.4 Å². The molecule has 0 saturated carbocycles. The molecule has 0 bridgehead atoms. The van der Waals surface area contributed by atoms with Gasteiger partial charge < -0.3 is 24.4 Å². The molecular weight excluding hydrogens is 488 g/mol. The van der Waals surface area contributed by atoms with E-state index in [1.807, 2.05) is 12.1 Å². The molecule has 38 heavy (non-hydrogen) atoms. The number of hydrogen-bond acceptors (Lipinski definition) is 6. The first-order chi connectivity index (χ1) is 18.2. The van der Waals surface area contributed by atoms with Gasteiger partial charge in [-0.1, -0.05) is 36.4 Å². The zero-order chi connectivity index (χ0) is 27.4. The number of amides is 4. The van der Waals surface area contributed by atoms with Crippen LogP contribution in [0.4, 0.5) is 21.0 Å². The Morgan fingerprint density at radius 2 is 1.50 bits per heavy atom. The predicted octanol–water partition coefficient (Wildman–Crippen LogP) is 5.18. The van der Waals surface area contributed by atoms with E-state index in [0.717, 1.165) is 0 Å². The van der Waals surface area contributed by atoms with Gasteiger partial charge in [-0.3, -0.25) is 10.1 Å². The van der Waals surface area contributed by atoms with E-state index in [2.05, 4.69) is 5.32 Å². The minimum atomic E-state index is -1.05. The van der Waals surface area contributed by atoms with Crippen LogP contribution in [0.15, 0.2) is 72.8 Å². The molecule has 200 valence electrons. The number of rotatable bonds is 8. The lowest BCUT2D eigenvalue weighted by Gasteiger charge is -2.38. The maximum Gasteiger partial charge on any atom is 0.347 e. The summed E-state index contributed by atoms with van der Waals surface area (Å²) in [6, 6.07) is 20.1. The lowest BCUT2D eigenvalue weighted by atomic mass is 9.99. The van der Waals surface area contributed by atoms with Gasteiger partial charge in [0.2, 0.25) is 5.75 Å². The molecule has 4 rings (SSSR count). The fourth-order valence-electron chi connectivity index (χ4n) is 4.68. The van der Waals surface area contributed by atoms with Crippen molar-refractivity contribution in [3.8, 4) is 17.2 Å². The Morgan fingerprint density at radius 3 is 2.03 bits per heavy atom. The number of methoxy groups -OCH3 is 3. The van der Waals surface area contributed by atoms with Gasteiger partial charge in [-0.25, -0.2) is 9.59 Å². The van der Waals surface area contributed by atoms with Crippen molar-refractivity contribution in [2.75, 3.05) is 31.5 Å². The molecule has 0 unspecified atom stereocenters. The number of nitrogens with one attached hydrogen (secondary N) is 1. The normalized spacial score (nSPS) is 16.3. The number of carbonyl (C=O) groups excluding carboxylic acids is 2. The number of hydrogen-bond donors (Lipinski definition) is 2. The van der Waals surface area contributed by atoms with E-state index in [-0.39, 0.29) is 12.6 Å². The fourth-order valence-corrected chi connectivity index (χ4v) is 4.68. The number of nitrogens with zero attached hydrogens (tertiary/aromatic N) is 3. The minimum Gasteiger partial charge on any atom is -0.493 e. The van der Waals surface area contributed by atoms with Crippen LogP contribution in [0.2, 0.25) is 0 Å². The summed E-state index contributed by atoms with van der Waals surface area (Å²) in [5, 5.41) is 14.5. The summed E-state index contributed by atoms with van der Waals surface area (Å²) in [7, 11) is 4.56. The number of benzene rings is 3. The molecule has 3 aromatic carbocycles. The Kier molecular flexibility index (Phi) is 7.63. The van der Waals surface area contributed by atoms with Crippen molar-refractivity contribution in [2.24, 2.45) is 0 Å². The molecule has 1 aliphatic heterocycles. The zero-order valence-corrected chi connectivity index (χ0v) is 22.0. The van der Waals surface area contributed by atoms with Crippen LogP contribution in [0.3, 0.4) is 0 Å². The fraction of sp³-hybridized carbons (Fsp3) is 0.286. The molecule has 4 amide bonds. The van der Waals surface area contributed by atoms with Gasteiger partial charge >= 0.3 is 12.1 Å². The molecule has 1 aliphatic rings. The van der Waals surface area contributed by atoms with E-state index in [0.29, 0.717) is 39.2 Å². The zero-order valence-electron chi connectivity index (χ0n) is 22.0. The summed E-state index contributed by atoms with van der Waals surface area (Å²) >= 11 is 0. The molecule has 0 spiro atoms. The van der Waals surface area contributed by atoms with Gasteiger partial charge in [0.05, 0.1) is 26.9 Å². The SMILES string of the molecule is COc1cc(CN2C(=O)N(c3ccccc3)[C@@H](N(O)C(=O)Nc3ccccc3)C2(C)C)cc(OC)c1OC. The van der Waals surface area contributed by atoms with Crippen LogP contribution in [0.25, 0.3) is 0 Å². The molecule has 1 fully saturated rings. The van der Waals surface area contributed by atoms with Gasteiger partial charge in [0.15, 0.2) is 17.7 Å². The number of urea groups is 2. The number of ether oxygens (including phenoxy) is 3. The second kappa shape index (κ2) is 10.9. The monoisotopic (exact) mass is 520 g/mol. The van der Waals surface area contributed by atoms with E-state index in [9.17, 15) is 14.8 Å². The van der Waals surface area contributed by atoms with Crippen LogP contribution in [0, 0.1) is 0 Å². The summed E-state index contributed by atoms with van der Waals surface area (Å²) < 4.78 is 16.4. The number of anilines is 2. The van der Waals surface area contributed by atoms with Crippen molar-refractivity contribution in [2.45, 2.75) is 32.1 Å². The molecule has 1 heterocycles. The van der Waals surface area contributed by atoms with Crippen LogP contribution in [0.5, 0.6) is 17.2 Å². The van der Waals surface area contributed by atoms with Crippen LogP contribution in [-0.4, -0.2) is 60.3 Å². The Morgan fingerprint density at radius 1 is 0.947 bits per heavy atom. The molecular formula is C28H32N4O6. The Bertz CT molecular complexity index is 1260. The van der Waals surface area contributed by atoms with Crippen molar-refractivity contribution in [1.29, 1.82) is 0 Å². The van der Waals surface area contributed by atoms with Crippen LogP contribution in [-0.2, 0) is 6.54 Å². The van der Waals surface area contributed by atoms with Crippen molar-refractivity contribution >= 4 is 23.4 Å². The molecule has 2 N–H and O–H groups in total. The van der Waals surface area contributed by atoms with Gasteiger partial charge in [-0.15, -0.1) is 0 Å². The highest BCUT2D eigenvalue weighted by Crippen LogP contribution is 2.42. The van der Waals surface area contributed by atoms with E-state index in [1.165, 1.54) is 26.2 Å². The van der Waals surface area contributed by atoms with E-state index >= 15 is 0 Å². The standard InChI is InChI=1S/C28H32N4O6/c1-28(2)25(32(35)26(33)29-20-12-8-6-9-13-20)31(21-14-10-7-11-15-21)27(34)30(28)18-19-16-22(36-3)24(38-5)23(17-19)37-4/h6-17,25,35H,18H2,1-5H3,(H,29,33)/t25-/m0/s1. The maximum absolute atomic E-state index is 13.9. The largest absolute Gasteiger partial charge is 0.493 e. The average Bonchev–Trinajstić information content (AvgIpc) is 3.13. The third-order valence-electron chi connectivity index (χ3n) is 6.57. The highest BCUT2D eigenvalue weighted by atomic mass is 16.5. The first-order valence-electron chi connectivity index (χ1n) is 12.0. The summed E-state index contributed by atoms with van der Waals surface area (Å²) in [5.74, 6) is 1.34. The second-order valence-corrected chi connectivity index (χ2v) is 9.28. The first kappa shape index (κ1) is 26.6. The van der Waals surface area contributed by atoms with E-state index in [1.54, 1.807) is 79.4 Å². The van der Waals surface area contributed by atoms with Gasteiger partial charge in [0.1, 0.15) is 0 Å². The lowest BCUT2D eigenvalue weighted by molar-refractivity contribution is -0.0954. The Labute approximate surface area is 221 Å². The van der Waals surface area contributed by atoms with Crippen molar-refractivity contribution < 1.29 is 29.0 Å². The molecule has 3 aromatic rings. The lowest BCUT2D eigenvalue weighted by Crippen LogP contribution is -2.58. The van der Waals surface area contributed by atoms with Crippen LogP contribution < -0.4 is 24.4 Å². The number of para-hydroxylation sites is 2. The second-order valence-electron chi connectivity index (χ2n) is 9.28. The molecule has 10 nitrogen and oxygen atoms in total. The number of hydroxylamine groups is 2. The van der Waals surface area contributed by atoms with E-state index in [4.69, 9.17) is 14.2 Å². The average molecular weight is 521 g/mol. The summed E-state index contributed by atoms with van der Waals surface area (Å²) in [6.45, 7) is 3.75. The molecule has 10 heteroatoms. The summed E-state index contributed by atoms with van der Waals surface area (Å²) in [5.41, 5.74) is 0.734. The van der Waals surface area contributed by atoms with Gasteiger partial charge in [-0.05, 0) is 55.8 Å². The molecule has 1 saturated heterocycles. The molecule has 0 radical (unpaired) electrons. The van der Waals surface area contributed by atoms with Gasteiger partial charge in [-0.2, -0.15) is 5.06 Å².